The third kappa shape index (κ3) is 3.81. The Balaban J connectivity index is 1.87. The van der Waals surface area contributed by atoms with Gasteiger partial charge in [0.1, 0.15) is 12.1 Å². The molecule has 1 aliphatic heterocycles. The molecule has 1 fully saturated rings. The summed E-state index contributed by atoms with van der Waals surface area (Å²) in [4.78, 5) is 11.1. The first-order valence-corrected chi connectivity index (χ1v) is 7.72. The number of hydrogen-bond acceptors (Lipinski definition) is 6. The van der Waals surface area contributed by atoms with Gasteiger partial charge < -0.3 is 4.90 Å². The Morgan fingerprint density at radius 2 is 2.11 bits per heavy atom. The number of nitrogens with two attached hydrogens (primary N) is 1. The van der Waals surface area contributed by atoms with Crippen LogP contribution in [0.3, 0.4) is 0 Å². The number of nitrogens with one attached hydrogen (secondary N) is 1. The van der Waals surface area contributed by atoms with E-state index in [0.717, 1.165) is 37.1 Å². The molecule has 0 unspecified atom stereocenters. The summed E-state index contributed by atoms with van der Waals surface area (Å²) in [5.74, 6) is 1.92. The molecule has 0 bridgehead atoms. The molecule has 5 nitrogen and oxygen atoms in total. The summed E-state index contributed by atoms with van der Waals surface area (Å²) >= 11 is 1.21. The van der Waals surface area contributed by atoms with E-state index in [4.69, 9.17) is 5.14 Å². The number of hydrogen-bond donors (Lipinski definition) is 2. The quantitative estimate of drug-likeness (QED) is 0.634. The summed E-state index contributed by atoms with van der Waals surface area (Å²) in [6, 6.07) is 0. The zero-order valence-corrected chi connectivity index (χ0v) is 12.5. The van der Waals surface area contributed by atoms with Crippen LogP contribution in [0.4, 0.5) is 5.82 Å². The minimum absolute atomic E-state index is 0.805. The van der Waals surface area contributed by atoms with E-state index in [2.05, 4.69) is 26.5 Å². The van der Waals surface area contributed by atoms with E-state index >= 15 is 0 Å². The zero-order chi connectivity index (χ0) is 13.7. The van der Waals surface area contributed by atoms with Gasteiger partial charge in [0, 0.05) is 43.0 Å². The van der Waals surface area contributed by atoms with Gasteiger partial charge in [-0.2, -0.15) is 0 Å². The van der Waals surface area contributed by atoms with Crippen molar-refractivity contribution in [3.05, 3.63) is 17.6 Å². The van der Waals surface area contributed by atoms with Crippen molar-refractivity contribution in [2.75, 3.05) is 24.5 Å². The first-order chi connectivity index (χ1) is 9.22. The predicted octanol–water partition coefficient (Wildman–Crippen LogP) is 1.81. The number of piperidine rings is 1. The van der Waals surface area contributed by atoms with Gasteiger partial charge in [0.25, 0.3) is 0 Å². The molecule has 6 heteroatoms. The molecule has 0 saturated carbocycles. The fourth-order valence-electron chi connectivity index (χ4n) is 2.60. The number of anilines is 1. The van der Waals surface area contributed by atoms with Gasteiger partial charge in [-0.1, -0.05) is 0 Å². The molecule has 1 aromatic heterocycles. The van der Waals surface area contributed by atoms with Crippen LogP contribution in [0, 0.1) is 19.8 Å². The Labute approximate surface area is 119 Å². The standard InChI is InChI=1S/C13H23N5S/c1-10-11(2)15-9-16-13(10)18-7-4-12(5-8-18)3-6-17-19-14/h9,12,17H,3-8,14H2,1-2H3. The van der Waals surface area contributed by atoms with Crippen molar-refractivity contribution in [3.8, 4) is 0 Å². The minimum Gasteiger partial charge on any atom is -0.356 e. The summed E-state index contributed by atoms with van der Waals surface area (Å²) in [6.07, 6.45) is 5.35. The molecule has 1 aliphatic rings. The highest BCUT2D eigenvalue weighted by atomic mass is 32.2. The third-order valence-electron chi connectivity index (χ3n) is 3.96. The normalized spacial score (nSPS) is 16.9. The Bertz CT molecular complexity index is 404. The first-order valence-electron chi connectivity index (χ1n) is 6.84. The Morgan fingerprint density at radius 3 is 2.79 bits per heavy atom. The van der Waals surface area contributed by atoms with E-state index in [1.165, 1.54) is 37.0 Å². The fourth-order valence-corrected chi connectivity index (χ4v) is 2.84. The van der Waals surface area contributed by atoms with Gasteiger partial charge >= 0.3 is 0 Å². The van der Waals surface area contributed by atoms with Crippen molar-refractivity contribution < 1.29 is 0 Å². The van der Waals surface area contributed by atoms with Crippen molar-refractivity contribution in [3.63, 3.8) is 0 Å². The molecule has 0 amide bonds. The molecule has 0 atom stereocenters. The van der Waals surface area contributed by atoms with Gasteiger partial charge in [-0.05, 0) is 39.0 Å². The van der Waals surface area contributed by atoms with Crippen molar-refractivity contribution in [2.45, 2.75) is 33.1 Å². The minimum atomic E-state index is 0.805. The summed E-state index contributed by atoms with van der Waals surface area (Å²) in [5.41, 5.74) is 2.29. The largest absolute Gasteiger partial charge is 0.356 e. The molecule has 106 valence electrons. The van der Waals surface area contributed by atoms with Crippen molar-refractivity contribution in [1.82, 2.24) is 14.7 Å². The molecule has 2 rings (SSSR count). The van der Waals surface area contributed by atoms with Crippen LogP contribution < -0.4 is 14.8 Å². The lowest BCUT2D eigenvalue weighted by molar-refractivity contribution is 0.382. The maximum atomic E-state index is 5.36. The highest BCUT2D eigenvalue weighted by molar-refractivity contribution is 7.95. The average Bonchev–Trinajstić information content (AvgIpc) is 2.43. The third-order valence-corrected chi connectivity index (χ3v) is 4.33. The van der Waals surface area contributed by atoms with E-state index < -0.39 is 0 Å². The van der Waals surface area contributed by atoms with Crippen LogP contribution in [-0.4, -0.2) is 29.6 Å². The van der Waals surface area contributed by atoms with Crippen LogP contribution in [0.15, 0.2) is 6.33 Å². The number of nitrogens with zero attached hydrogens (tertiary/aromatic N) is 3. The monoisotopic (exact) mass is 281 g/mol. The number of aromatic nitrogens is 2. The molecule has 0 aromatic carbocycles. The molecular formula is C13H23N5S. The Hall–Kier alpha value is -0.850. The molecule has 0 aliphatic carbocycles. The highest BCUT2D eigenvalue weighted by Gasteiger charge is 2.21. The molecule has 19 heavy (non-hydrogen) atoms. The first kappa shape index (κ1) is 14.6. The van der Waals surface area contributed by atoms with E-state index in [0.29, 0.717) is 0 Å². The van der Waals surface area contributed by atoms with E-state index in [1.807, 2.05) is 6.92 Å². The topological polar surface area (TPSA) is 67.1 Å². The van der Waals surface area contributed by atoms with Crippen LogP contribution in [0.25, 0.3) is 0 Å². The summed E-state index contributed by atoms with van der Waals surface area (Å²) < 4.78 is 3.12. The molecular weight excluding hydrogens is 258 g/mol. The smallest absolute Gasteiger partial charge is 0.135 e. The second-order valence-electron chi connectivity index (χ2n) is 5.14. The van der Waals surface area contributed by atoms with E-state index in [1.54, 1.807) is 6.33 Å². The van der Waals surface area contributed by atoms with Gasteiger partial charge in [0.2, 0.25) is 0 Å². The highest BCUT2D eigenvalue weighted by Crippen LogP contribution is 2.26. The van der Waals surface area contributed by atoms with E-state index in [-0.39, 0.29) is 0 Å². The van der Waals surface area contributed by atoms with Gasteiger partial charge in [-0.3, -0.25) is 9.86 Å². The van der Waals surface area contributed by atoms with Gasteiger partial charge in [0.15, 0.2) is 0 Å². The summed E-state index contributed by atoms with van der Waals surface area (Å²) in [7, 11) is 0. The van der Waals surface area contributed by atoms with Gasteiger partial charge in [0.05, 0.1) is 0 Å². The lowest BCUT2D eigenvalue weighted by atomic mass is 9.93. The fraction of sp³-hybridized carbons (Fsp3) is 0.692. The molecule has 0 radical (unpaired) electrons. The second kappa shape index (κ2) is 7.07. The van der Waals surface area contributed by atoms with Crippen LogP contribution in [0.2, 0.25) is 0 Å². The maximum Gasteiger partial charge on any atom is 0.135 e. The second-order valence-corrected chi connectivity index (χ2v) is 5.66. The lowest BCUT2D eigenvalue weighted by Gasteiger charge is -2.33. The van der Waals surface area contributed by atoms with Crippen LogP contribution >= 0.6 is 12.1 Å². The van der Waals surface area contributed by atoms with Crippen LogP contribution in [0.5, 0.6) is 0 Å². The predicted molar refractivity (Wildman–Crippen MR) is 80.8 cm³/mol. The maximum absolute atomic E-state index is 5.36. The number of rotatable bonds is 5. The lowest BCUT2D eigenvalue weighted by Crippen LogP contribution is -2.35. The zero-order valence-electron chi connectivity index (χ0n) is 11.7. The SMILES string of the molecule is Cc1ncnc(N2CCC(CCNSN)CC2)c1C. The molecule has 0 spiro atoms. The number of aryl methyl sites for hydroxylation is 1. The van der Waals surface area contributed by atoms with Crippen LogP contribution in [-0.2, 0) is 0 Å². The summed E-state index contributed by atoms with van der Waals surface area (Å²) in [5, 5.41) is 5.36. The van der Waals surface area contributed by atoms with Gasteiger partial charge in [-0.25, -0.2) is 9.97 Å². The van der Waals surface area contributed by atoms with Crippen molar-refractivity contribution >= 4 is 18.0 Å². The van der Waals surface area contributed by atoms with Crippen molar-refractivity contribution in [1.29, 1.82) is 0 Å². The van der Waals surface area contributed by atoms with Crippen molar-refractivity contribution in [2.24, 2.45) is 11.1 Å². The summed E-state index contributed by atoms with van der Waals surface area (Å²) in [6.45, 7) is 7.34. The van der Waals surface area contributed by atoms with E-state index in [9.17, 15) is 0 Å². The molecule has 1 aromatic rings. The molecule has 3 N–H and O–H groups in total. The van der Waals surface area contributed by atoms with Crippen LogP contribution in [0.1, 0.15) is 30.5 Å². The Kier molecular flexibility index (Phi) is 5.42. The van der Waals surface area contributed by atoms with Gasteiger partial charge in [-0.15, -0.1) is 0 Å². The Morgan fingerprint density at radius 1 is 1.37 bits per heavy atom. The molecule has 1 saturated heterocycles. The average molecular weight is 281 g/mol. The molecule has 2 heterocycles.